The Labute approximate surface area is 169 Å². The van der Waals surface area contributed by atoms with Crippen LogP contribution in [0, 0.1) is 6.92 Å². The molecule has 28 heavy (non-hydrogen) atoms. The quantitative estimate of drug-likeness (QED) is 0.830. The summed E-state index contributed by atoms with van der Waals surface area (Å²) in [6.07, 6.45) is 4.34. The van der Waals surface area contributed by atoms with E-state index in [0.717, 1.165) is 17.7 Å². The van der Waals surface area contributed by atoms with Gasteiger partial charge < -0.3 is 5.32 Å². The van der Waals surface area contributed by atoms with Gasteiger partial charge in [0.05, 0.1) is 16.1 Å². The average Bonchev–Trinajstić information content (AvgIpc) is 3.14. The molecular formula is C20H23N3O3S2. The maximum absolute atomic E-state index is 13.1. The molecule has 1 N–H and O–H groups in total. The first kappa shape index (κ1) is 19.3. The number of amides is 1. The van der Waals surface area contributed by atoms with Crippen LogP contribution in [0.2, 0.25) is 0 Å². The number of rotatable bonds is 4. The van der Waals surface area contributed by atoms with Crippen LogP contribution in [0.3, 0.4) is 0 Å². The van der Waals surface area contributed by atoms with Crippen LogP contribution in [0.15, 0.2) is 34.7 Å². The van der Waals surface area contributed by atoms with Crippen LogP contribution in [0.1, 0.15) is 45.8 Å². The number of hydrogen-bond donors (Lipinski definition) is 1. The number of allylic oxidation sites excluding steroid dienone is 1. The Hall–Kier alpha value is -2.03. The van der Waals surface area contributed by atoms with Gasteiger partial charge in [-0.3, -0.25) is 4.79 Å². The van der Waals surface area contributed by atoms with Crippen LogP contribution in [0.4, 0.5) is 0 Å². The molecule has 0 saturated carbocycles. The van der Waals surface area contributed by atoms with Gasteiger partial charge in [-0.15, -0.1) is 11.3 Å². The summed E-state index contributed by atoms with van der Waals surface area (Å²) in [5.74, 6) is -0.118. The average molecular weight is 418 g/mol. The zero-order valence-electron chi connectivity index (χ0n) is 15.7. The molecule has 2 aromatic rings. The van der Waals surface area contributed by atoms with E-state index in [0.29, 0.717) is 42.1 Å². The van der Waals surface area contributed by atoms with E-state index in [4.69, 9.17) is 0 Å². The molecule has 0 radical (unpaired) electrons. The number of benzene rings is 1. The smallest absolute Gasteiger partial charge is 0.263 e. The van der Waals surface area contributed by atoms with Crippen molar-refractivity contribution in [1.29, 1.82) is 0 Å². The van der Waals surface area contributed by atoms with E-state index in [9.17, 15) is 13.2 Å². The molecule has 2 heterocycles. The van der Waals surface area contributed by atoms with Gasteiger partial charge >= 0.3 is 0 Å². The number of hydrogen-bond acceptors (Lipinski definition) is 5. The SMILES string of the molecule is Cc1ncsc1C(=O)NC1CCN(S(=O)(=O)C2=Cc3ccccc3CC2)CC1. The number of carbonyl (C=O) groups is 1. The molecule has 0 bridgehead atoms. The number of nitrogens with one attached hydrogen (secondary N) is 1. The molecule has 0 unspecified atom stereocenters. The van der Waals surface area contributed by atoms with Crippen LogP contribution in [-0.2, 0) is 16.4 Å². The molecule has 2 aliphatic rings. The Kier molecular flexibility index (Phi) is 5.35. The molecule has 1 amide bonds. The Balaban J connectivity index is 1.40. The largest absolute Gasteiger partial charge is 0.348 e. The second-order valence-electron chi connectivity index (χ2n) is 7.23. The van der Waals surface area contributed by atoms with Gasteiger partial charge in [0.15, 0.2) is 0 Å². The van der Waals surface area contributed by atoms with Crippen LogP contribution in [-0.4, -0.2) is 42.7 Å². The number of aryl methyl sites for hydroxylation is 2. The number of aromatic nitrogens is 1. The summed E-state index contributed by atoms with van der Waals surface area (Å²) in [7, 11) is -3.46. The van der Waals surface area contributed by atoms with Crippen LogP contribution in [0.25, 0.3) is 6.08 Å². The summed E-state index contributed by atoms with van der Waals surface area (Å²) >= 11 is 1.33. The topological polar surface area (TPSA) is 79.4 Å². The molecule has 1 aromatic heterocycles. The van der Waals surface area contributed by atoms with E-state index < -0.39 is 10.0 Å². The van der Waals surface area contributed by atoms with Gasteiger partial charge in [-0.1, -0.05) is 24.3 Å². The van der Waals surface area contributed by atoms with Crippen molar-refractivity contribution in [3.05, 3.63) is 56.4 Å². The fraction of sp³-hybridized carbons (Fsp3) is 0.400. The standard InChI is InChI=1S/C20H23N3O3S2/c1-14-19(27-13-21-14)20(24)22-17-8-10-23(11-9-17)28(25,26)18-7-6-15-4-2-3-5-16(15)12-18/h2-5,12-13,17H,6-11H2,1H3,(H,22,24). The van der Waals surface area contributed by atoms with Gasteiger partial charge in [0.1, 0.15) is 4.88 Å². The van der Waals surface area contributed by atoms with Crippen molar-refractivity contribution in [1.82, 2.24) is 14.6 Å². The van der Waals surface area contributed by atoms with Gasteiger partial charge in [0.2, 0.25) is 10.0 Å². The highest BCUT2D eigenvalue weighted by Crippen LogP contribution is 2.30. The fourth-order valence-electron chi connectivity index (χ4n) is 3.79. The van der Waals surface area contributed by atoms with Crippen LogP contribution < -0.4 is 5.32 Å². The summed E-state index contributed by atoms with van der Waals surface area (Å²) in [4.78, 5) is 17.6. The highest BCUT2D eigenvalue weighted by atomic mass is 32.2. The summed E-state index contributed by atoms with van der Waals surface area (Å²) in [6.45, 7) is 2.67. The molecule has 1 saturated heterocycles. The van der Waals surface area contributed by atoms with Crippen LogP contribution in [0.5, 0.6) is 0 Å². The minimum absolute atomic E-state index is 0.0125. The predicted molar refractivity (Wildman–Crippen MR) is 111 cm³/mol. The first-order chi connectivity index (χ1) is 13.4. The van der Waals surface area contributed by atoms with Gasteiger partial charge in [-0.05, 0) is 49.8 Å². The van der Waals surface area contributed by atoms with E-state index in [2.05, 4.69) is 10.3 Å². The van der Waals surface area contributed by atoms with E-state index in [1.807, 2.05) is 37.3 Å². The maximum atomic E-state index is 13.1. The molecule has 8 heteroatoms. The Morgan fingerprint density at radius 1 is 1.21 bits per heavy atom. The van der Waals surface area contributed by atoms with Crippen LogP contribution >= 0.6 is 11.3 Å². The number of fused-ring (bicyclic) bond motifs is 1. The second-order valence-corrected chi connectivity index (χ2v) is 10.1. The summed E-state index contributed by atoms with van der Waals surface area (Å²) in [5.41, 5.74) is 4.58. The van der Waals surface area contributed by atoms with Crippen molar-refractivity contribution >= 4 is 33.3 Å². The van der Waals surface area contributed by atoms with Crippen molar-refractivity contribution in [2.24, 2.45) is 0 Å². The van der Waals surface area contributed by atoms with E-state index in [-0.39, 0.29) is 11.9 Å². The molecule has 1 fully saturated rings. The highest BCUT2D eigenvalue weighted by molar-refractivity contribution is 7.93. The minimum Gasteiger partial charge on any atom is -0.348 e. The Morgan fingerprint density at radius 2 is 1.96 bits per heavy atom. The molecule has 6 nitrogen and oxygen atoms in total. The minimum atomic E-state index is -3.46. The lowest BCUT2D eigenvalue weighted by molar-refractivity contribution is 0.0927. The first-order valence-electron chi connectivity index (χ1n) is 9.45. The summed E-state index contributed by atoms with van der Waals surface area (Å²) < 4.78 is 27.7. The monoisotopic (exact) mass is 417 g/mol. The molecule has 1 aromatic carbocycles. The number of thiazole rings is 1. The summed E-state index contributed by atoms with van der Waals surface area (Å²) in [6, 6.07) is 7.92. The molecule has 0 atom stereocenters. The van der Waals surface area contributed by atoms with Crippen molar-refractivity contribution < 1.29 is 13.2 Å². The molecular weight excluding hydrogens is 394 g/mol. The molecule has 1 aliphatic heterocycles. The second kappa shape index (κ2) is 7.77. The van der Waals surface area contributed by atoms with Crippen molar-refractivity contribution in [3.63, 3.8) is 0 Å². The normalized spacial score (nSPS) is 18.4. The van der Waals surface area contributed by atoms with E-state index >= 15 is 0 Å². The highest BCUT2D eigenvalue weighted by Gasteiger charge is 2.32. The zero-order chi connectivity index (χ0) is 19.7. The number of nitrogens with zero attached hydrogens (tertiary/aromatic N) is 2. The Bertz CT molecular complexity index is 1020. The number of sulfonamides is 1. The molecule has 0 spiro atoms. The molecule has 4 rings (SSSR count). The Morgan fingerprint density at radius 3 is 2.68 bits per heavy atom. The lowest BCUT2D eigenvalue weighted by Gasteiger charge is -2.32. The zero-order valence-corrected chi connectivity index (χ0v) is 17.4. The third kappa shape index (κ3) is 3.76. The van der Waals surface area contributed by atoms with Crippen molar-refractivity contribution in [3.8, 4) is 0 Å². The maximum Gasteiger partial charge on any atom is 0.263 e. The van der Waals surface area contributed by atoms with Crippen molar-refractivity contribution in [2.45, 2.75) is 38.6 Å². The fourth-order valence-corrected chi connectivity index (χ4v) is 6.15. The summed E-state index contributed by atoms with van der Waals surface area (Å²) in [5, 5.41) is 3.02. The predicted octanol–water partition coefficient (Wildman–Crippen LogP) is 2.96. The number of carbonyl (C=O) groups excluding carboxylic acids is 1. The van der Waals surface area contributed by atoms with E-state index in [1.54, 1.807) is 9.82 Å². The van der Waals surface area contributed by atoms with Crippen molar-refractivity contribution in [2.75, 3.05) is 13.1 Å². The lowest BCUT2D eigenvalue weighted by atomic mass is 9.98. The van der Waals surface area contributed by atoms with Gasteiger partial charge in [0.25, 0.3) is 5.91 Å². The van der Waals surface area contributed by atoms with Gasteiger partial charge in [0, 0.05) is 19.1 Å². The third-order valence-corrected chi connectivity index (χ3v) is 8.38. The van der Waals surface area contributed by atoms with E-state index in [1.165, 1.54) is 16.9 Å². The lowest BCUT2D eigenvalue weighted by Crippen LogP contribution is -2.46. The number of piperidine rings is 1. The van der Waals surface area contributed by atoms with Gasteiger partial charge in [-0.2, -0.15) is 4.31 Å². The molecule has 148 valence electrons. The third-order valence-electron chi connectivity index (χ3n) is 5.42. The van der Waals surface area contributed by atoms with Gasteiger partial charge in [-0.25, -0.2) is 13.4 Å². The molecule has 1 aliphatic carbocycles. The first-order valence-corrected chi connectivity index (χ1v) is 11.8.